The minimum Gasteiger partial charge on any atom is -1.00 e. The third kappa shape index (κ3) is 4.57. The van der Waals surface area contributed by atoms with Crippen LogP contribution in [0.1, 0.15) is 0 Å². The van der Waals surface area contributed by atoms with Gasteiger partial charge in [0.25, 0.3) is 0 Å². The summed E-state index contributed by atoms with van der Waals surface area (Å²) in [4.78, 5) is 0. The molecule has 1 atom stereocenters. The molecule has 1 unspecified atom stereocenters. The predicted octanol–water partition coefficient (Wildman–Crippen LogP) is -2.91. The number of nitrogens with zero attached hydrogens (tertiary/aromatic N) is 1. The molecule has 3 nitrogen and oxygen atoms in total. The van der Waals surface area contributed by atoms with Gasteiger partial charge in [-0.3, -0.25) is 0 Å². The zero-order valence-corrected chi connectivity index (χ0v) is 9.24. The molecule has 0 aliphatic rings. The zero-order valence-electron chi connectivity index (χ0n) is 6.90. The largest absolute Gasteiger partial charge is 1.00 e. The molecule has 0 radical (unpaired) electrons. The van der Waals surface area contributed by atoms with Gasteiger partial charge < -0.3 is 22.6 Å². The van der Waals surface area contributed by atoms with Crippen molar-refractivity contribution >= 4 is 15.9 Å². The number of pyridine rings is 1. The topological polar surface area (TPSA) is 44.3 Å². The lowest BCUT2D eigenvalue weighted by Gasteiger charge is -2.01. The van der Waals surface area contributed by atoms with Crippen molar-refractivity contribution in [1.29, 1.82) is 0 Å². The van der Waals surface area contributed by atoms with E-state index >= 15 is 0 Å². The molecule has 0 aliphatic carbocycles. The molecule has 1 rings (SSSR count). The van der Waals surface area contributed by atoms with Crippen LogP contribution in [-0.4, -0.2) is 22.9 Å². The van der Waals surface area contributed by atoms with Crippen molar-refractivity contribution in [1.82, 2.24) is 0 Å². The Morgan fingerprint density at radius 2 is 2.23 bits per heavy atom. The summed E-state index contributed by atoms with van der Waals surface area (Å²) in [5.74, 6) is 0. The van der Waals surface area contributed by atoms with Gasteiger partial charge in [-0.25, -0.2) is 4.57 Å². The van der Waals surface area contributed by atoms with Crippen molar-refractivity contribution < 1.29 is 27.2 Å². The van der Waals surface area contributed by atoms with Crippen molar-refractivity contribution in [3.63, 3.8) is 0 Å². The average molecular weight is 269 g/mol. The van der Waals surface area contributed by atoms with Crippen LogP contribution in [0, 0.1) is 0 Å². The van der Waals surface area contributed by atoms with E-state index in [0.717, 1.165) is 4.47 Å². The van der Waals surface area contributed by atoms with Gasteiger partial charge in [0.1, 0.15) is 6.10 Å². The highest BCUT2D eigenvalue weighted by molar-refractivity contribution is 9.10. The highest BCUT2D eigenvalue weighted by Crippen LogP contribution is 2.03. The van der Waals surface area contributed by atoms with E-state index in [-0.39, 0.29) is 19.0 Å². The third-order valence-electron chi connectivity index (χ3n) is 1.45. The predicted molar refractivity (Wildman–Crippen MR) is 47.4 cm³/mol. The van der Waals surface area contributed by atoms with E-state index in [4.69, 9.17) is 10.2 Å². The van der Waals surface area contributed by atoms with Gasteiger partial charge in [-0.05, 0) is 22.0 Å². The summed E-state index contributed by atoms with van der Waals surface area (Å²) in [5.41, 5.74) is 0. The minimum absolute atomic E-state index is 0. The lowest BCUT2D eigenvalue weighted by molar-refractivity contribution is -0.704. The molecular formula is C8H11BrClNO2. The lowest BCUT2D eigenvalue weighted by atomic mass is 10.3. The van der Waals surface area contributed by atoms with Gasteiger partial charge >= 0.3 is 0 Å². The van der Waals surface area contributed by atoms with E-state index in [1.807, 2.05) is 29.1 Å². The molecule has 0 fully saturated rings. The van der Waals surface area contributed by atoms with Crippen LogP contribution in [0.4, 0.5) is 0 Å². The summed E-state index contributed by atoms with van der Waals surface area (Å²) in [6, 6.07) is 3.77. The second-order valence-electron chi connectivity index (χ2n) is 2.56. The Labute approximate surface area is 91.6 Å². The lowest BCUT2D eigenvalue weighted by Crippen LogP contribution is -3.00. The maximum absolute atomic E-state index is 9.12. The summed E-state index contributed by atoms with van der Waals surface area (Å²) in [6.07, 6.45) is 2.99. The maximum atomic E-state index is 9.12. The number of hydrogen-bond donors (Lipinski definition) is 2. The van der Waals surface area contributed by atoms with Crippen LogP contribution in [0.15, 0.2) is 29.0 Å². The van der Waals surface area contributed by atoms with Crippen LogP contribution in [0.5, 0.6) is 0 Å². The SMILES string of the molecule is OCC(O)C[n+]1cccc(Br)c1.[Cl-]. The molecule has 5 heteroatoms. The van der Waals surface area contributed by atoms with E-state index < -0.39 is 6.10 Å². The molecule has 0 saturated carbocycles. The summed E-state index contributed by atoms with van der Waals surface area (Å²) in [7, 11) is 0. The van der Waals surface area contributed by atoms with E-state index in [1.165, 1.54) is 0 Å². The molecule has 1 heterocycles. The number of hydrogen-bond acceptors (Lipinski definition) is 2. The number of rotatable bonds is 3. The summed E-state index contributed by atoms with van der Waals surface area (Å²) in [6.45, 7) is 0.204. The van der Waals surface area contributed by atoms with Gasteiger partial charge in [0.15, 0.2) is 18.9 Å². The molecule has 0 saturated heterocycles. The fourth-order valence-electron chi connectivity index (χ4n) is 0.905. The van der Waals surface area contributed by atoms with Crippen LogP contribution in [0.25, 0.3) is 0 Å². The van der Waals surface area contributed by atoms with Crippen LogP contribution in [0.3, 0.4) is 0 Å². The first kappa shape index (κ1) is 12.8. The second kappa shape index (κ2) is 6.32. The van der Waals surface area contributed by atoms with Crippen molar-refractivity contribution in [3.05, 3.63) is 29.0 Å². The number of aliphatic hydroxyl groups is 2. The van der Waals surface area contributed by atoms with Crippen molar-refractivity contribution in [2.45, 2.75) is 12.6 Å². The zero-order chi connectivity index (χ0) is 8.97. The van der Waals surface area contributed by atoms with Crippen molar-refractivity contribution in [2.24, 2.45) is 0 Å². The molecule has 0 aromatic carbocycles. The van der Waals surface area contributed by atoms with Gasteiger partial charge in [-0.15, -0.1) is 0 Å². The summed E-state index contributed by atoms with van der Waals surface area (Å²) >= 11 is 3.31. The third-order valence-corrected chi connectivity index (χ3v) is 1.92. The summed E-state index contributed by atoms with van der Waals surface area (Å²) in [5, 5.41) is 17.7. The molecule has 1 aromatic rings. The van der Waals surface area contributed by atoms with Gasteiger partial charge in [0.2, 0.25) is 0 Å². The van der Waals surface area contributed by atoms with Crippen LogP contribution in [0.2, 0.25) is 0 Å². The van der Waals surface area contributed by atoms with Gasteiger partial charge in [-0.1, -0.05) is 0 Å². The molecule has 0 aliphatic heterocycles. The molecule has 2 N–H and O–H groups in total. The number of halogens is 2. The average Bonchev–Trinajstić information content (AvgIpc) is 2.04. The van der Waals surface area contributed by atoms with Crippen LogP contribution in [-0.2, 0) is 6.54 Å². The Morgan fingerprint density at radius 3 is 2.77 bits per heavy atom. The van der Waals surface area contributed by atoms with E-state index in [1.54, 1.807) is 0 Å². The van der Waals surface area contributed by atoms with Crippen molar-refractivity contribution in [2.75, 3.05) is 6.61 Å². The highest BCUT2D eigenvalue weighted by Gasteiger charge is 2.08. The first-order valence-electron chi connectivity index (χ1n) is 3.66. The van der Waals surface area contributed by atoms with Crippen molar-refractivity contribution in [3.8, 4) is 0 Å². The van der Waals surface area contributed by atoms with Gasteiger partial charge in [-0.2, -0.15) is 0 Å². The molecule has 13 heavy (non-hydrogen) atoms. The van der Waals surface area contributed by atoms with E-state index in [9.17, 15) is 0 Å². The van der Waals surface area contributed by atoms with Crippen LogP contribution >= 0.6 is 15.9 Å². The maximum Gasteiger partial charge on any atom is 0.183 e. The Hall–Kier alpha value is -0.160. The molecule has 0 amide bonds. The summed E-state index contributed by atoms with van der Waals surface area (Å²) < 4.78 is 2.76. The quantitative estimate of drug-likeness (QED) is 0.578. The Morgan fingerprint density at radius 1 is 1.54 bits per heavy atom. The standard InChI is InChI=1S/C8H11BrNO2.ClH/c9-7-2-1-3-10(4-7)5-8(12)6-11;/h1-4,8,11-12H,5-6H2;1H/q+1;/p-1. The Bertz CT molecular complexity index is 260. The molecule has 0 bridgehead atoms. The van der Waals surface area contributed by atoms with E-state index in [0.29, 0.717) is 6.54 Å². The second-order valence-corrected chi connectivity index (χ2v) is 3.47. The molecule has 1 aromatic heterocycles. The Kier molecular flexibility index (Phi) is 6.24. The molecular weight excluding hydrogens is 257 g/mol. The normalized spacial score (nSPS) is 11.9. The minimum atomic E-state index is -0.690. The highest BCUT2D eigenvalue weighted by atomic mass is 79.9. The fourth-order valence-corrected chi connectivity index (χ4v) is 1.32. The molecule has 0 spiro atoms. The van der Waals surface area contributed by atoms with Gasteiger partial charge in [0, 0.05) is 6.07 Å². The first-order valence-corrected chi connectivity index (χ1v) is 4.45. The van der Waals surface area contributed by atoms with Gasteiger partial charge in [0.05, 0.1) is 11.1 Å². The number of aliphatic hydroxyl groups excluding tert-OH is 2. The first-order chi connectivity index (χ1) is 5.72. The number of aromatic nitrogens is 1. The molecule has 74 valence electrons. The van der Waals surface area contributed by atoms with E-state index in [2.05, 4.69) is 15.9 Å². The monoisotopic (exact) mass is 267 g/mol. The Balaban J connectivity index is 0.00000144. The van der Waals surface area contributed by atoms with Crippen LogP contribution < -0.4 is 17.0 Å². The fraction of sp³-hybridized carbons (Fsp3) is 0.375. The smallest absolute Gasteiger partial charge is 0.183 e.